The Morgan fingerprint density at radius 1 is 1.10 bits per heavy atom. The van der Waals surface area contributed by atoms with Gasteiger partial charge >= 0.3 is 6.18 Å². The summed E-state index contributed by atoms with van der Waals surface area (Å²) in [4.78, 5) is 42.3. The van der Waals surface area contributed by atoms with Crippen molar-refractivity contribution in [3.8, 4) is 0 Å². The molecule has 212 valence electrons. The number of fused-ring (bicyclic) bond motifs is 1. The van der Waals surface area contributed by atoms with E-state index in [9.17, 15) is 31.9 Å². The van der Waals surface area contributed by atoms with Gasteiger partial charge in [-0.2, -0.15) is 13.2 Å². The van der Waals surface area contributed by atoms with Crippen molar-refractivity contribution in [1.82, 2.24) is 10.6 Å². The first-order valence-corrected chi connectivity index (χ1v) is 13.3. The Bertz CT molecular complexity index is 1460. The topological polar surface area (TPSA) is 81.8 Å². The molecule has 2 heterocycles. The molecule has 0 unspecified atom stereocenters. The first-order valence-electron chi connectivity index (χ1n) is 12.0. The largest absolute Gasteiger partial charge is 0.416 e. The highest BCUT2D eigenvalue weighted by molar-refractivity contribution is 7.12. The Morgan fingerprint density at radius 3 is 2.45 bits per heavy atom. The first kappa shape index (κ1) is 29.3. The summed E-state index contributed by atoms with van der Waals surface area (Å²) in [7, 11) is 1.39. The van der Waals surface area contributed by atoms with Crippen LogP contribution in [0.4, 0.5) is 28.9 Å². The van der Waals surface area contributed by atoms with Gasteiger partial charge in [0.15, 0.2) is 0 Å². The predicted octanol–water partition coefficient (Wildman–Crippen LogP) is 5.24. The number of amides is 3. The van der Waals surface area contributed by atoms with E-state index in [4.69, 9.17) is 11.6 Å². The average Bonchev–Trinajstić information content (AvgIpc) is 3.29. The number of alkyl halides is 3. The number of thiophene rings is 1. The highest BCUT2D eigenvalue weighted by Crippen LogP contribution is 2.37. The van der Waals surface area contributed by atoms with E-state index in [0.717, 1.165) is 34.4 Å². The van der Waals surface area contributed by atoms with Gasteiger partial charge in [-0.15, -0.1) is 11.3 Å². The second kappa shape index (κ2) is 11.1. The summed E-state index contributed by atoms with van der Waals surface area (Å²) in [5, 5.41) is 7.06. The van der Waals surface area contributed by atoms with E-state index in [1.807, 2.05) is 0 Å². The standard InChI is InChI=1S/C27H25ClF4N4O3S/c1-26(2,34-23(37)22-18(28)10-11-40-22)25(39)33-19-14-36(13-15-6-4-5-7-17(15)27(30,31)32)20-9-8-16(29)12-21(20)35(3)24(19)38/h4-12,19H,13-14H2,1-3H3,(H,33,39)(H,34,37)/t19-/m1/s1. The lowest BCUT2D eigenvalue weighted by Gasteiger charge is -2.30. The number of anilines is 2. The van der Waals surface area contributed by atoms with Gasteiger partial charge in [-0.1, -0.05) is 29.8 Å². The molecule has 0 aliphatic carbocycles. The molecule has 13 heteroatoms. The molecule has 4 rings (SSSR count). The number of hydrogen-bond acceptors (Lipinski definition) is 5. The van der Waals surface area contributed by atoms with Gasteiger partial charge in [-0.25, -0.2) is 4.39 Å². The van der Waals surface area contributed by atoms with E-state index in [1.165, 1.54) is 50.1 Å². The highest BCUT2D eigenvalue weighted by Gasteiger charge is 2.39. The minimum absolute atomic E-state index is 0.0622. The van der Waals surface area contributed by atoms with Crippen molar-refractivity contribution < 1.29 is 31.9 Å². The summed E-state index contributed by atoms with van der Waals surface area (Å²) in [6, 6.07) is 8.96. The molecular weight excluding hydrogens is 572 g/mol. The van der Waals surface area contributed by atoms with Gasteiger partial charge in [-0.05, 0) is 55.1 Å². The Balaban J connectivity index is 1.64. The summed E-state index contributed by atoms with van der Waals surface area (Å²) in [5.41, 5.74) is -1.97. The van der Waals surface area contributed by atoms with Crippen LogP contribution in [-0.2, 0) is 22.3 Å². The third kappa shape index (κ3) is 6.07. The maximum Gasteiger partial charge on any atom is 0.416 e. The van der Waals surface area contributed by atoms with Crippen LogP contribution in [0.1, 0.15) is 34.6 Å². The Morgan fingerprint density at radius 2 is 1.80 bits per heavy atom. The number of carbonyl (C=O) groups excluding carboxylic acids is 3. The monoisotopic (exact) mass is 596 g/mol. The molecule has 1 aromatic heterocycles. The molecule has 1 aliphatic rings. The van der Waals surface area contributed by atoms with E-state index in [1.54, 1.807) is 11.4 Å². The molecule has 0 saturated heterocycles. The van der Waals surface area contributed by atoms with Gasteiger partial charge in [0.05, 0.1) is 22.0 Å². The molecule has 0 bridgehead atoms. The van der Waals surface area contributed by atoms with E-state index in [2.05, 4.69) is 10.6 Å². The highest BCUT2D eigenvalue weighted by atomic mass is 35.5. The van der Waals surface area contributed by atoms with Crippen LogP contribution in [0.25, 0.3) is 0 Å². The van der Waals surface area contributed by atoms with Crippen LogP contribution in [0.15, 0.2) is 53.9 Å². The second-order valence-electron chi connectivity index (χ2n) is 9.77. The maximum atomic E-state index is 14.2. The van der Waals surface area contributed by atoms with Crippen LogP contribution in [0.3, 0.4) is 0 Å². The lowest BCUT2D eigenvalue weighted by molar-refractivity contribution is -0.138. The zero-order valence-electron chi connectivity index (χ0n) is 21.6. The number of nitrogens with zero attached hydrogens (tertiary/aromatic N) is 2. The van der Waals surface area contributed by atoms with Crippen LogP contribution in [0.5, 0.6) is 0 Å². The van der Waals surface area contributed by atoms with E-state index < -0.39 is 46.9 Å². The van der Waals surface area contributed by atoms with Gasteiger partial charge in [0.1, 0.15) is 22.3 Å². The van der Waals surface area contributed by atoms with E-state index in [0.29, 0.717) is 5.69 Å². The average molecular weight is 597 g/mol. The number of benzene rings is 2. The fourth-order valence-electron chi connectivity index (χ4n) is 4.37. The molecule has 3 amide bonds. The van der Waals surface area contributed by atoms with Crippen LogP contribution < -0.4 is 20.4 Å². The number of rotatable bonds is 6. The Labute approximate surface area is 236 Å². The molecule has 0 radical (unpaired) electrons. The Hall–Kier alpha value is -3.64. The molecule has 2 N–H and O–H groups in total. The SMILES string of the molecule is CN1C(=O)[C@H](NC(=O)C(C)(C)NC(=O)c2sccc2Cl)CN(Cc2ccccc2C(F)(F)F)c2ccc(F)cc21. The van der Waals surface area contributed by atoms with Crippen LogP contribution >= 0.6 is 22.9 Å². The van der Waals surface area contributed by atoms with Crippen LogP contribution in [0.2, 0.25) is 5.02 Å². The molecule has 3 aromatic rings. The van der Waals surface area contributed by atoms with Crippen LogP contribution in [0, 0.1) is 5.82 Å². The predicted molar refractivity (Wildman–Crippen MR) is 145 cm³/mol. The zero-order chi connectivity index (χ0) is 29.4. The minimum atomic E-state index is -4.62. The molecular formula is C27H25ClF4N4O3S. The second-order valence-corrected chi connectivity index (χ2v) is 11.1. The lowest BCUT2D eigenvalue weighted by atomic mass is 10.0. The first-order chi connectivity index (χ1) is 18.7. The zero-order valence-corrected chi connectivity index (χ0v) is 23.2. The maximum absolute atomic E-state index is 14.2. The fraction of sp³-hybridized carbons (Fsp3) is 0.296. The van der Waals surface area contributed by atoms with E-state index in [-0.39, 0.29) is 34.2 Å². The fourth-order valence-corrected chi connectivity index (χ4v) is 5.41. The molecule has 40 heavy (non-hydrogen) atoms. The number of carbonyl (C=O) groups is 3. The quantitative estimate of drug-likeness (QED) is 0.382. The number of hydrogen-bond donors (Lipinski definition) is 2. The van der Waals surface area contributed by atoms with Crippen molar-refractivity contribution in [1.29, 1.82) is 0 Å². The van der Waals surface area contributed by atoms with E-state index >= 15 is 0 Å². The third-order valence-corrected chi connectivity index (χ3v) is 7.82. The molecule has 7 nitrogen and oxygen atoms in total. The van der Waals surface area contributed by atoms with Gasteiger partial charge in [0.25, 0.3) is 11.8 Å². The van der Waals surface area contributed by atoms with Crippen LogP contribution in [-0.4, -0.2) is 42.9 Å². The van der Waals surface area contributed by atoms with Crippen molar-refractivity contribution >= 4 is 52.0 Å². The minimum Gasteiger partial charge on any atom is -0.363 e. The summed E-state index contributed by atoms with van der Waals surface area (Å²) < 4.78 is 55.4. The third-order valence-electron chi connectivity index (χ3n) is 6.48. The van der Waals surface area contributed by atoms with Gasteiger partial charge < -0.3 is 20.4 Å². The summed E-state index contributed by atoms with van der Waals surface area (Å²) in [5.74, 6) is -2.56. The van der Waals surface area contributed by atoms with Gasteiger partial charge in [0, 0.05) is 20.1 Å². The normalized spacial score (nSPS) is 15.9. The number of likely N-dealkylation sites (N-methyl/N-ethyl adjacent to an activating group) is 1. The van der Waals surface area contributed by atoms with Crippen molar-refractivity contribution in [2.45, 2.75) is 38.1 Å². The molecule has 2 aromatic carbocycles. The number of halogens is 5. The van der Waals surface area contributed by atoms with Gasteiger partial charge in [0.2, 0.25) is 5.91 Å². The molecule has 0 saturated carbocycles. The van der Waals surface area contributed by atoms with Crippen molar-refractivity contribution in [3.05, 3.63) is 80.8 Å². The lowest BCUT2D eigenvalue weighted by Crippen LogP contribution is -2.60. The van der Waals surface area contributed by atoms with Crippen molar-refractivity contribution in [2.75, 3.05) is 23.4 Å². The molecule has 0 spiro atoms. The molecule has 0 fully saturated rings. The molecule has 1 aliphatic heterocycles. The summed E-state index contributed by atoms with van der Waals surface area (Å²) >= 11 is 7.12. The Kier molecular flexibility index (Phi) is 8.13. The van der Waals surface area contributed by atoms with Gasteiger partial charge in [-0.3, -0.25) is 14.4 Å². The molecule has 1 atom stereocenters. The van der Waals surface area contributed by atoms with Crippen molar-refractivity contribution in [2.24, 2.45) is 0 Å². The summed E-state index contributed by atoms with van der Waals surface area (Å²) in [6.45, 7) is 2.38. The van der Waals surface area contributed by atoms with Crippen molar-refractivity contribution in [3.63, 3.8) is 0 Å². The number of nitrogens with one attached hydrogen (secondary N) is 2. The summed E-state index contributed by atoms with van der Waals surface area (Å²) in [6.07, 6.45) is -4.62. The smallest absolute Gasteiger partial charge is 0.363 e.